The van der Waals surface area contributed by atoms with Crippen LogP contribution in [0.2, 0.25) is 0 Å². The third-order valence-electron chi connectivity index (χ3n) is 3.77. The molecule has 0 aromatic carbocycles. The molecule has 2 atom stereocenters. The lowest BCUT2D eigenvalue weighted by atomic mass is 10.1. The fraction of sp³-hybridized carbons (Fsp3) is 1.00. The number of nitrogens with one attached hydrogen (secondary N) is 1. The fourth-order valence-corrected chi connectivity index (χ4v) is 3.56. The highest BCUT2D eigenvalue weighted by molar-refractivity contribution is 7.89. The molecule has 0 spiro atoms. The van der Waals surface area contributed by atoms with Gasteiger partial charge < -0.3 is 4.74 Å². The average Bonchev–Trinajstić information content (AvgIpc) is 2.78. The number of morpholine rings is 1. The highest BCUT2D eigenvalue weighted by Crippen LogP contribution is 2.29. The second-order valence-electron chi connectivity index (χ2n) is 4.82. The molecule has 0 bridgehead atoms. The first-order chi connectivity index (χ1) is 8.12. The van der Waals surface area contributed by atoms with Crippen LogP contribution in [-0.2, 0) is 14.8 Å². The molecule has 0 unspecified atom stereocenters. The van der Waals surface area contributed by atoms with Crippen molar-refractivity contribution in [3.63, 3.8) is 0 Å². The van der Waals surface area contributed by atoms with Gasteiger partial charge in [0, 0.05) is 12.6 Å². The van der Waals surface area contributed by atoms with Gasteiger partial charge in [-0.1, -0.05) is 0 Å². The Morgan fingerprint density at radius 1 is 1.41 bits per heavy atom. The van der Waals surface area contributed by atoms with Crippen molar-refractivity contribution in [3.8, 4) is 0 Å². The van der Waals surface area contributed by atoms with Gasteiger partial charge in [0.15, 0.2) is 0 Å². The van der Waals surface area contributed by atoms with Gasteiger partial charge in [-0.25, -0.2) is 13.1 Å². The maximum Gasteiger partial charge on any atom is 0.211 e. The molecule has 6 heteroatoms. The van der Waals surface area contributed by atoms with Crippen LogP contribution in [0.3, 0.4) is 0 Å². The van der Waals surface area contributed by atoms with Crippen molar-refractivity contribution >= 4 is 10.0 Å². The number of ether oxygens (including phenoxy) is 1. The van der Waals surface area contributed by atoms with Crippen molar-refractivity contribution < 1.29 is 13.2 Å². The largest absolute Gasteiger partial charge is 0.375 e. The van der Waals surface area contributed by atoms with E-state index in [2.05, 4.69) is 9.62 Å². The van der Waals surface area contributed by atoms with Gasteiger partial charge in [0.05, 0.1) is 18.5 Å². The number of fused-ring (bicyclic) bond motifs is 1. The summed E-state index contributed by atoms with van der Waals surface area (Å²) < 4.78 is 30.7. The Kier molecular flexibility index (Phi) is 4.41. The lowest BCUT2D eigenvalue weighted by Crippen LogP contribution is -2.49. The van der Waals surface area contributed by atoms with E-state index in [1.807, 2.05) is 0 Å². The molecule has 1 aliphatic carbocycles. The number of rotatable bonds is 5. The molecular weight excluding hydrogens is 240 g/mol. The molecule has 0 aromatic heterocycles. The molecule has 0 amide bonds. The molecule has 1 aliphatic heterocycles. The third kappa shape index (κ3) is 3.40. The van der Waals surface area contributed by atoms with E-state index in [4.69, 9.17) is 4.74 Å². The maximum absolute atomic E-state index is 11.3. The van der Waals surface area contributed by atoms with Crippen LogP contribution in [0, 0.1) is 0 Å². The molecule has 2 fully saturated rings. The van der Waals surface area contributed by atoms with E-state index in [-0.39, 0.29) is 5.75 Å². The van der Waals surface area contributed by atoms with E-state index < -0.39 is 10.0 Å². The Bertz CT molecular complexity index is 345. The fourth-order valence-electron chi connectivity index (χ4n) is 2.84. The highest BCUT2D eigenvalue weighted by atomic mass is 32.2. The van der Waals surface area contributed by atoms with Gasteiger partial charge in [0.1, 0.15) is 0 Å². The van der Waals surface area contributed by atoms with E-state index in [0.717, 1.165) is 26.1 Å². The standard InChI is InChI=1S/C11H22N2O3S/c1-12-17(14,15)9-3-6-13-7-8-16-11-5-2-4-10(11)13/h10-12H,2-9H2,1H3/t10-,11+/m1/s1. The van der Waals surface area contributed by atoms with E-state index in [1.54, 1.807) is 0 Å². The van der Waals surface area contributed by atoms with Crippen LogP contribution in [0.1, 0.15) is 25.7 Å². The summed E-state index contributed by atoms with van der Waals surface area (Å²) in [4.78, 5) is 2.41. The lowest BCUT2D eigenvalue weighted by molar-refractivity contribution is -0.0552. The summed E-state index contributed by atoms with van der Waals surface area (Å²) in [6.45, 7) is 2.60. The van der Waals surface area contributed by atoms with Gasteiger partial charge in [-0.05, 0) is 39.3 Å². The summed E-state index contributed by atoms with van der Waals surface area (Å²) in [5.74, 6) is 0.220. The van der Waals surface area contributed by atoms with Crippen molar-refractivity contribution in [2.24, 2.45) is 0 Å². The Morgan fingerprint density at radius 3 is 3.00 bits per heavy atom. The number of nitrogens with zero attached hydrogens (tertiary/aromatic N) is 1. The Morgan fingerprint density at radius 2 is 2.24 bits per heavy atom. The number of hydrogen-bond acceptors (Lipinski definition) is 4. The maximum atomic E-state index is 11.3. The van der Waals surface area contributed by atoms with Crippen molar-refractivity contribution in [1.82, 2.24) is 9.62 Å². The third-order valence-corrected chi connectivity index (χ3v) is 5.21. The van der Waals surface area contributed by atoms with Crippen molar-refractivity contribution in [1.29, 1.82) is 0 Å². The minimum Gasteiger partial charge on any atom is -0.375 e. The van der Waals surface area contributed by atoms with E-state index >= 15 is 0 Å². The quantitative estimate of drug-likeness (QED) is 0.768. The molecule has 0 radical (unpaired) electrons. The zero-order valence-corrected chi connectivity index (χ0v) is 11.2. The van der Waals surface area contributed by atoms with Gasteiger partial charge in [-0.3, -0.25) is 4.90 Å². The molecule has 1 heterocycles. The van der Waals surface area contributed by atoms with E-state index in [0.29, 0.717) is 18.6 Å². The van der Waals surface area contributed by atoms with Gasteiger partial charge in [-0.15, -0.1) is 0 Å². The van der Waals surface area contributed by atoms with Gasteiger partial charge in [0.2, 0.25) is 10.0 Å². The zero-order chi connectivity index (χ0) is 12.3. The molecule has 0 aromatic rings. The minimum absolute atomic E-state index is 0.220. The first-order valence-corrected chi connectivity index (χ1v) is 8.04. The van der Waals surface area contributed by atoms with Gasteiger partial charge in [0.25, 0.3) is 0 Å². The Labute approximate surface area is 104 Å². The lowest BCUT2D eigenvalue weighted by Gasteiger charge is -2.37. The van der Waals surface area contributed by atoms with Crippen LogP contribution in [0.4, 0.5) is 0 Å². The molecule has 1 saturated heterocycles. The molecule has 2 rings (SSSR count). The highest BCUT2D eigenvalue weighted by Gasteiger charge is 2.35. The molecular formula is C11H22N2O3S. The van der Waals surface area contributed by atoms with Crippen LogP contribution in [-0.4, -0.2) is 58.0 Å². The summed E-state index contributed by atoms with van der Waals surface area (Å²) in [6, 6.07) is 0.529. The molecule has 17 heavy (non-hydrogen) atoms. The molecule has 1 N–H and O–H groups in total. The van der Waals surface area contributed by atoms with Crippen LogP contribution >= 0.6 is 0 Å². The molecule has 1 saturated carbocycles. The first kappa shape index (κ1) is 13.3. The average molecular weight is 262 g/mol. The van der Waals surface area contributed by atoms with Gasteiger partial charge in [-0.2, -0.15) is 0 Å². The van der Waals surface area contributed by atoms with Crippen LogP contribution in [0.5, 0.6) is 0 Å². The molecule has 5 nitrogen and oxygen atoms in total. The summed E-state index contributed by atoms with van der Waals surface area (Å²) >= 11 is 0. The van der Waals surface area contributed by atoms with Crippen molar-refractivity contribution in [3.05, 3.63) is 0 Å². The summed E-state index contributed by atoms with van der Waals surface area (Å²) in [7, 11) is -1.58. The second-order valence-corrected chi connectivity index (χ2v) is 6.87. The van der Waals surface area contributed by atoms with Crippen LogP contribution in [0.15, 0.2) is 0 Å². The topological polar surface area (TPSA) is 58.6 Å². The normalized spacial score (nSPS) is 30.4. The smallest absolute Gasteiger partial charge is 0.211 e. The van der Waals surface area contributed by atoms with E-state index in [9.17, 15) is 8.42 Å². The predicted octanol–water partition coefficient (Wildman–Crippen LogP) is 0.179. The van der Waals surface area contributed by atoms with Crippen molar-refractivity contribution in [2.75, 3.05) is 32.5 Å². The van der Waals surface area contributed by atoms with E-state index in [1.165, 1.54) is 19.9 Å². The Balaban J connectivity index is 1.78. The Hall–Kier alpha value is -0.170. The van der Waals surface area contributed by atoms with Crippen LogP contribution in [0.25, 0.3) is 0 Å². The number of sulfonamides is 1. The first-order valence-electron chi connectivity index (χ1n) is 6.39. The molecule has 2 aliphatic rings. The number of hydrogen-bond donors (Lipinski definition) is 1. The summed E-state index contributed by atoms with van der Waals surface area (Å²) in [5, 5.41) is 0. The summed E-state index contributed by atoms with van der Waals surface area (Å²) in [5.41, 5.74) is 0. The van der Waals surface area contributed by atoms with Gasteiger partial charge >= 0.3 is 0 Å². The zero-order valence-electron chi connectivity index (χ0n) is 10.4. The monoisotopic (exact) mass is 262 g/mol. The summed E-state index contributed by atoms with van der Waals surface area (Å²) in [6.07, 6.45) is 4.69. The second kappa shape index (κ2) is 5.65. The SMILES string of the molecule is CNS(=O)(=O)CCCN1CCO[C@H]2CCC[C@H]21. The minimum atomic E-state index is -3.05. The van der Waals surface area contributed by atoms with Crippen molar-refractivity contribution in [2.45, 2.75) is 37.8 Å². The molecule has 100 valence electrons. The predicted molar refractivity (Wildman–Crippen MR) is 66.4 cm³/mol. The van der Waals surface area contributed by atoms with Crippen LogP contribution < -0.4 is 4.72 Å².